The van der Waals surface area contributed by atoms with Crippen molar-refractivity contribution in [2.75, 3.05) is 18.7 Å². The van der Waals surface area contributed by atoms with Crippen molar-refractivity contribution in [2.45, 2.75) is 6.18 Å². The maximum atomic E-state index is 12.1. The van der Waals surface area contributed by atoms with Crippen molar-refractivity contribution in [2.24, 2.45) is 0 Å². The van der Waals surface area contributed by atoms with Gasteiger partial charge in [-0.15, -0.1) is 0 Å². The minimum atomic E-state index is -4.48. The third kappa shape index (κ3) is 5.26. The monoisotopic (exact) mass is 392 g/mol. The molecule has 6 nitrogen and oxygen atoms in total. The lowest BCUT2D eigenvalue weighted by Crippen LogP contribution is -2.33. The van der Waals surface area contributed by atoms with Gasteiger partial charge in [-0.25, -0.2) is 0 Å². The van der Waals surface area contributed by atoms with Crippen LogP contribution in [0.25, 0.3) is 6.08 Å². The van der Waals surface area contributed by atoms with Crippen LogP contribution in [0.2, 0.25) is 0 Å². The lowest BCUT2D eigenvalue weighted by molar-refractivity contribution is -0.123. The normalized spacial score (nSPS) is 12.8. The van der Waals surface area contributed by atoms with Gasteiger partial charge in [-0.05, 0) is 48.0 Å². The van der Waals surface area contributed by atoms with E-state index >= 15 is 0 Å². The number of rotatable bonds is 5. The van der Waals surface area contributed by atoms with Crippen molar-refractivity contribution in [3.8, 4) is 11.5 Å². The van der Waals surface area contributed by atoms with Gasteiger partial charge in [0.2, 0.25) is 12.7 Å². The van der Waals surface area contributed by atoms with Crippen molar-refractivity contribution in [1.82, 2.24) is 5.32 Å². The average molecular weight is 392 g/mol. The van der Waals surface area contributed by atoms with Gasteiger partial charge in [0.25, 0.3) is 5.91 Å². The van der Waals surface area contributed by atoms with Gasteiger partial charge in [-0.1, -0.05) is 6.07 Å². The number of hydrogen-bond donors (Lipinski definition) is 2. The molecule has 0 aliphatic carbocycles. The lowest BCUT2D eigenvalue weighted by atomic mass is 10.2. The van der Waals surface area contributed by atoms with Crippen molar-refractivity contribution in [3.05, 3.63) is 59.7 Å². The fraction of sp³-hybridized carbons (Fsp3) is 0.158. The molecule has 1 aliphatic heterocycles. The standard InChI is InChI=1S/C19H15F3N2O4/c20-19(21,22)10-23-18(26)13-3-5-14(6-4-13)24-17(25)8-2-12-1-7-15-16(9-12)28-11-27-15/h1-9H,10-11H2,(H,23,26)(H,24,25)/b8-2+. The number of alkyl halides is 3. The molecule has 9 heteroatoms. The SMILES string of the molecule is O=C(/C=C/c1ccc2c(c1)OCO2)Nc1ccc(C(=O)NCC(F)(F)F)cc1. The van der Waals surface area contributed by atoms with Crippen LogP contribution in [-0.2, 0) is 4.79 Å². The highest BCUT2D eigenvalue weighted by Crippen LogP contribution is 2.32. The molecule has 0 spiro atoms. The molecule has 2 amide bonds. The van der Waals surface area contributed by atoms with Gasteiger partial charge in [0.1, 0.15) is 6.54 Å². The Balaban J connectivity index is 1.55. The molecule has 0 atom stereocenters. The number of nitrogens with one attached hydrogen (secondary N) is 2. The highest BCUT2D eigenvalue weighted by molar-refractivity contribution is 6.02. The van der Waals surface area contributed by atoms with Crippen molar-refractivity contribution in [3.63, 3.8) is 0 Å². The third-order valence-corrected chi connectivity index (χ3v) is 3.69. The number of anilines is 1. The van der Waals surface area contributed by atoms with Crippen LogP contribution in [0.4, 0.5) is 18.9 Å². The second-order valence-corrected chi connectivity index (χ2v) is 5.81. The second kappa shape index (κ2) is 8.03. The molecule has 1 aliphatic rings. The molecule has 0 fully saturated rings. The Hall–Kier alpha value is -3.49. The molecule has 2 aromatic carbocycles. The second-order valence-electron chi connectivity index (χ2n) is 5.81. The Morgan fingerprint density at radius 3 is 2.46 bits per heavy atom. The molecule has 28 heavy (non-hydrogen) atoms. The minimum Gasteiger partial charge on any atom is -0.454 e. The molecule has 0 saturated heterocycles. The number of carbonyl (C=O) groups excluding carboxylic acids is 2. The van der Waals surface area contributed by atoms with Crippen molar-refractivity contribution < 1.29 is 32.2 Å². The first-order valence-electron chi connectivity index (χ1n) is 8.14. The number of halogens is 3. The molecule has 0 bridgehead atoms. The van der Waals surface area contributed by atoms with E-state index in [2.05, 4.69) is 5.32 Å². The summed E-state index contributed by atoms with van der Waals surface area (Å²) >= 11 is 0. The summed E-state index contributed by atoms with van der Waals surface area (Å²) in [7, 11) is 0. The maximum absolute atomic E-state index is 12.1. The van der Waals surface area contributed by atoms with Crippen LogP contribution in [0.3, 0.4) is 0 Å². The topological polar surface area (TPSA) is 76.7 Å². The molecule has 0 saturated carbocycles. The average Bonchev–Trinajstić information content (AvgIpc) is 3.12. The fourth-order valence-electron chi connectivity index (χ4n) is 2.36. The van der Waals surface area contributed by atoms with Crippen molar-refractivity contribution in [1.29, 1.82) is 0 Å². The Morgan fingerprint density at radius 2 is 1.75 bits per heavy atom. The zero-order chi connectivity index (χ0) is 20.1. The molecule has 0 radical (unpaired) electrons. The van der Waals surface area contributed by atoms with Gasteiger partial charge in [0.05, 0.1) is 0 Å². The quantitative estimate of drug-likeness (QED) is 0.765. The predicted octanol–water partition coefficient (Wildman–Crippen LogP) is 3.36. The van der Waals surface area contributed by atoms with Crippen LogP contribution in [0.5, 0.6) is 11.5 Å². The van der Waals surface area contributed by atoms with Crippen LogP contribution < -0.4 is 20.1 Å². The van der Waals surface area contributed by atoms with Gasteiger partial charge in [0.15, 0.2) is 11.5 Å². The Kier molecular flexibility index (Phi) is 5.53. The molecule has 2 aromatic rings. The van der Waals surface area contributed by atoms with Crippen molar-refractivity contribution >= 4 is 23.6 Å². The number of hydrogen-bond acceptors (Lipinski definition) is 4. The molecule has 0 aromatic heterocycles. The Labute approximate surface area is 157 Å². The first-order chi connectivity index (χ1) is 13.3. The van der Waals surface area contributed by atoms with E-state index in [1.807, 2.05) is 0 Å². The summed E-state index contributed by atoms with van der Waals surface area (Å²) in [5.41, 5.74) is 1.20. The van der Waals surface area contributed by atoms with E-state index in [0.29, 0.717) is 17.2 Å². The molecule has 1 heterocycles. The smallest absolute Gasteiger partial charge is 0.405 e. The van der Waals surface area contributed by atoms with Gasteiger partial charge in [-0.2, -0.15) is 13.2 Å². The van der Waals surface area contributed by atoms with E-state index in [0.717, 1.165) is 5.56 Å². The fourth-order valence-corrected chi connectivity index (χ4v) is 2.36. The summed E-state index contributed by atoms with van der Waals surface area (Å²) in [6, 6.07) is 10.7. The summed E-state index contributed by atoms with van der Waals surface area (Å²) < 4.78 is 46.8. The molecule has 146 valence electrons. The summed E-state index contributed by atoms with van der Waals surface area (Å²) in [6.07, 6.45) is -1.56. The first kappa shape index (κ1) is 19.3. The van der Waals surface area contributed by atoms with Crippen LogP contribution in [-0.4, -0.2) is 31.3 Å². The number of fused-ring (bicyclic) bond motifs is 1. The molecule has 0 unspecified atom stereocenters. The maximum Gasteiger partial charge on any atom is 0.405 e. The first-order valence-corrected chi connectivity index (χ1v) is 8.14. The minimum absolute atomic E-state index is 0.0538. The molecular formula is C19H15F3N2O4. The van der Waals surface area contributed by atoms with Gasteiger partial charge in [0, 0.05) is 17.3 Å². The predicted molar refractivity (Wildman–Crippen MR) is 95.1 cm³/mol. The van der Waals surface area contributed by atoms with Gasteiger partial charge < -0.3 is 20.1 Å². The highest BCUT2D eigenvalue weighted by atomic mass is 19.4. The summed E-state index contributed by atoms with van der Waals surface area (Å²) in [6.45, 7) is -1.25. The zero-order valence-electron chi connectivity index (χ0n) is 14.4. The van der Waals surface area contributed by atoms with Crippen LogP contribution in [0.1, 0.15) is 15.9 Å². The molecule has 2 N–H and O–H groups in total. The van der Waals surface area contributed by atoms with E-state index in [1.165, 1.54) is 30.3 Å². The van der Waals surface area contributed by atoms with E-state index in [-0.39, 0.29) is 12.4 Å². The molecule has 3 rings (SSSR count). The number of amides is 2. The van der Waals surface area contributed by atoms with Crippen LogP contribution in [0, 0.1) is 0 Å². The molecular weight excluding hydrogens is 377 g/mol. The summed E-state index contributed by atoms with van der Waals surface area (Å²) in [5, 5.41) is 4.37. The van der Waals surface area contributed by atoms with E-state index in [4.69, 9.17) is 9.47 Å². The lowest BCUT2D eigenvalue weighted by Gasteiger charge is -2.09. The number of carbonyl (C=O) groups is 2. The summed E-state index contributed by atoms with van der Waals surface area (Å²) in [5.74, 6) is -0.0206. The number of benzene rings is 2. The number of ether oxygens (including phenoxy) is 2. The van der Waals surface area contributed by atoms with Gasteiger partial charge in [-0.3, -0.25) is 9.59 Å². The van der Waals surface area contributed by atoms with Gasteiger partial charge >= 0.3 is 6.18 Å². The van der Waals surface area contributed by atoms with E-state index < -0.39 is 24.5 Å². The largest absolute Gasteiger partial charge is 0.454 e. The summed E-state index contributed by atoms with van der Waals surface area (Å²) in [4.78, 5) is 23.6. The van der Waals surface area contributed by atoms with E-state index in [1.54, 1.807) is 29.6 Å². The zero-order valence-corrected chi connectivity index (χ0v) is 14.4. The third-order valence-electron chi connectivity index (χ3n) is 3.69. The highest BCUT2D eigenvalue weighted by Gasteiger charge is 2.27. The Morgan fingerprint density at radius 1 is 1.04 bits per heavy atom. The van der Waals surface area contributed by atoms with E-state index in [9.17, 15) is 22.8 Å². The van der Waals surface area contributed by atoms with Crippen LogP contribution >= 0.6 is 0 Å². The Bertz CT molecular complexity index is 908. The van der Waals surface area contributed by atoms with Crippen LogP contribution in [0.15, 0.2) is 48.5 Å².